The Labute approximate surface area is 94.5 Å². The standard InChI is InChI=1S/C9H12ClNO2.ClH/c1-7(6-12-11)13-9-4-2-8(10)3-5-9;/h2-5,7H,6,11H2,1H3;1H. The van der Waals surface area contributed by atoms with Crippen LogP contribution in [0.1, 0.15) is 6.92 Å². The normalized spacial score (nSPS) is 11.6. The maximum Gasteiger partial charge on any atom is 0.121 e. The lowest BCUT2D eigenvalue weighted by Gasteiger charge is -2.12. The molecule has 0 bridgehead atoms. The predicted molar refractivity (Wildman–Crippen MR) is 58.9 cm³/mol. The molecule has 0 aliphatic carbocycles. The lowest BCUT2D eigenvalue weighted by atomic mass is 10.3. The van der Waals surface area contributed by atoms with Crippen LogP contribution in [-0.4, -0.2) is 12.7 Å². The summed E-state index contributed by atoms with van der Waals surface area (Å²) >= 11 is 5.71. The quantitative estimate of drug-likeness (QED) is 0.819. The molecule has 0 aromatic heterocycles. The zero-order valence-electron chi connectivity index (χ0n) is 7.77. The van der Waals surface area contributed by atoms with Gasteiger partial charge in [0.15, 0.2) is 0 Å². The van der Waals surface area contributed by atoms with Gasteiger partial charge in [-0.15, -0.1) is 12.4 Å². The molecule has 1 atom stereocenters. The molecule has 0 saturated heterocycles. The molecule has 0 aliphatic heterocycles. The molecule has 2 N–H and O–H groups in total. The number of hydrogen-bond acceptors (Lipinski definition) is 3. The van der Waals surface area contributed by atoms with Crippen molar-refractivity contribution in [2.24, 2.45) is 5.90 Å². The molecule has 14 heavy (non-hydrogen) atoms. The molecule has 0 amide bonds. The fourth-order valence-electron chi connectivity index (χ4n) is 0.915. The second kappa shape index (κ2) is 6.90. The van der Waals surface area contributed by atoms with Gasteiger partial charge in [-0.3, -0.25) is 0 Å². The fraction of sp³-hybridized carbons (Fsp3) is 0.333. The Bertz CT molecular complexity index is 253. The third kappa shape index (κ3) is 4.67. The first-order valence-corrected chi connectivity index (χ1v) is 4.34. The Kier molecular flexibility index (Phi) is 6.66. The summed E-state index contributed by atoms with van der Waals surface area (Å²) in [6.07, 6.45) is -0.0637. The largest absolute Gasteiger partial charge is 0.488 e. The molecule has 80 valence electrons. The molecule has 1 aromatic rings. The summed E-state index contributed by atoms with van der Waals surface area (Å²) in [6.45, 7) is 2.24. The van der Waals surface area contributed by atoms with Crippen molar-refractivity contribution >= 4 is 24.0 Å². The SMILES string of the molecule is CC(CON)Oc1ccc(Cl)cc1.Cl. The van der Waals surface area contributed by atoms with E-state index in [0.717, 1.165) is 5.75 Å². The zero-order valence-corrected chi connectivity index (χ0v) is 9.35. The van der Waals surface area contributed by atoms with Gasteiger partial charge in [-0.05, 0) is 31.2 Å². The van der Waals surface area contributed by atoms with Gasteiger partial charge in [-0.2, -0.15) is 0 Å². The van der Waals surface area contributed by atoms with Gasteiger partial charge in [0.05, 0.1) is 0 Å². The number of rotatable bonds is 4. The summed E-state index contributed by atoms with van der Waals surface area (Å²) in [5.74, 6) is 5.66. The van der Waals surface area contributed by atoms with E-state index in [-0.39, 0.29) is 18.5 Å². The highest BCUT2D eigenvalue weighted by atomic mass is 35.5. The van der Waals surface area contributed by atoms with E-state index in [1.54, 1.807) is 24.3 Å². The first kappa shape index (κ1) is 13.5. The molecule has 5 heteroatoms. The highest BCUT2D eigenvalue weighted by Gasteiger charge is 2.02. The topological polar surface area (TPSA) is 44.5 Å². The van der Waals surface area contributed by atoms with Crippen molar-refractivity contribution in [3.63, 3.8) is 0 Å². The van der Waals surface area contributed by atoms with Crippen molar-refractivity contribution in [2.45, 2.75) is 13.0 Å². The van der Waals surface area contributed by atoms with Crippen molar-refractivity contribution in [3.05, 3.63) is 29.3 Å². The minimum atomic E-state index is -0.0637. The minimum absolute atomic E-state index is 0. The fourth-order valence-corrected chi connectivity index (χ4v) is 1.04. The van der Waals surface area contributed by atoms with Crippen LogP contribution >= 0.6 is 24.0 Å². The highest BCUT2D eigenvalue weighted by molar-refractivity contribution is 6.30. The summed E-state index contributed by atoms with van der Waals surface area (Å²) in [7, 11) is 0. The second-order valence-electron chi connectivity index (χ2n) is 2.72. The van der Waals surface area contributed by atoms with Gasteiger partial charge in [-0.1, -0.05) is 11.6 Å². The van der Waals surface area contributed by atoms with E-state index >= 15 is 0 Å². The summed E-state index contributed by atoms with van der Waals surface area (Å²) < 4.78 is 5.45. The number of hydrogen-bond donors (Lipinski definition) is 1. The molecular weight excluding hydrogens is 225 g/mol. The smallest absolute Gasteiger partial charge is 0.121 e. The van der Waals surface area contributed by atoms with Crippen molar-refractivity contribution in [2.75, 3.05) is 6.61 Å². The van der Waals surface area contributed by atoms with Crippen LogP contribution in [0.4, 0.5) is 0 Å². The molecule has 1 rings (SSSR count). The van der Waals surface area contributed by atoms with Gasteiger partial charge in [0.1, 0.15) is 18.5 Å². The average Bonchev–Trinajstić information content (AvgIpc) is 2.09. The van der Waals surface area contributed by atoms with Crippen molar-refractivity contribution in [3.8, 4) is 5.75 Å². The van der Waals surface area contributed by atoms with E-state index in [2.05, 4.69) is 4.84 Å². The molecule has 0 radical (unpaired) electrons. The van der Waals surface area contributed by atoms with Crippen molar-refractivity contribution in [1.82, 2.24) is 0 Å². The van der Waals surface area contributed by atoms with Crippen LogP contribution in [0.2, 0.25) is 5.02 Å². The Morgan fingerprint density at radius 2 is 1.93 bits per heavy atom. The Morgan fingerprint density at radius 3 is 2.43 bits per heavy atom. The molecule has 1 aromatic carbocycles. The molecular formula is C9H13Cl2NO2. The third-order valence-corrected chi connectivity index (χ3v) is 1.73. The van der Waals surface area contributed by atoms with E-state index in [0.29, 0.717) is 11.6 Å². The minimum Gasteiger partial charge on any atom is -0.488 e. The van der Waals surface area contributed by atoms with Gasteiger partial charge >= 0.3 is 0 Å². The van der Waals surface area contributed by atoms with E-state index in [4.69, 9.17) is 22.2 Å². The van der Waals surface area contributed by atoms with Crippen LogP contribution in [0.15, 0.2) is 24.3 Å². The Balaban J connectivity index is 0.00000169. The van der Waals surface area contributed by atoms with E-state index in [1.165, 1.54) is 0 Å². The number of nitrogens with two attached hydrogens (primary N) is 1. The van der Waals surface area contributed by atoms with Crippen LogP contribution in [0, 0.1) is 0 Å². The molecule has 1 unspecified atom stereocenters. The highest BCUT2D eigenvalue weighted by Crippen LogP contribution is 2.16. The van der Waals surface area contributed by atoms with Gasteiger partial charge in [0, 0.05) is 5.02 Å². The lowest BCUT2D eigenvalue weighted by molar-refractivity contribution is 0.0589. The van der Waals surface area contributed by atoms with Crippen LogP contribution in [-0.2, 0) is 4.84 Å². The maximum atomic E-state index is 5.71. The Morgan fingerprint density at radius 1 is 1.36 bits per heavy atom. The predicted octanol–water partition coefficient (Wildman–Crippen LogP) is 2.42. The van der Waals surface area contributed by atoms with E-state index < -0.39 is 0 Å². The van der Waals surface area contributed by atoms with Crippen molar-refractivity contribution in [1.29, 1.82) is 0 Å². The van der Waals surface area contributed by atoms with Crippen LogP contribution in [0.25, 0.3) is 0 Å². The van der Waals surface area contributed by atoms with Gasteiger partial charge < -0.3 is 9.57 Å². The summed E-state index contributed by atoms with van der Waals surface area (Å²) in [4.78, 5) is 4.45. The van der Waals surface area contributed by atoms with Crippen LogP contribution < -0.4 is 10.6 Å². The summed E-state index contributed by atoms with van der Waals surface area (Å²) in [6, 6.07) is 7.14. The van der Waals surface area contributed by atoms with Gasteiger partial charge in [-0.25, -0.2) is 5.90 Å². The second-order valence-corrected chi connectivity index (χ2v) is 3.15. The first-order chi connectivity index (χ1) is 6.22. The van der Waals surface area contributed by atoms with Gasteiger partial charge in [0.25, 0.3) is 0 Å². The first-order valence-electron chi connectivity index (χ1n) is 3.96. The lowest BCUT2D eigenvalue weighted by Crippen LogP contribution is -2.21. The number of ether oxygens (including phenoxy) is 1. The summed E-state index contributed by atoms with van der Waals surface area (Å²) in [5, 5.41) is 0.690. The van der Waals surface area contributed by atoms with Crippen LogP contribution in [0.3, 0.4) is 0 Å². The summed E-state index contributed by atoms with van der Waals surface area (Å²) in [5.41, 5.74) is 0. The molecule has 3 nitrogen and oxygen atoms in total. The molecule has 0 heterocycles. The van der Waals surface area contributed by atoms with Gasteiger partial charge in [0.2, 0.25) is 0 Å². The molecule has 0 fully saturated rings. The molecule has 0 saturated carbocycles. The monoisotopic (exact) mass is 237 g/mol. The number of halogens is 2. The maximum absolute atomic E-state index is 5.71. The van der Waals surface area contributed by atoms with Crippen LogP contribution in [0.5, 0.6) is 5.75 Å². The van der Waals surface area contributed by atoms with E-state index in [9.17, 15) is 0 Å². The number of benzene rings is 1. The van der Waals surface area contributed by atoms with E-state index in [1.807, 2.05) is 6.92 Å². The average molecular weight is 238 g/mol. The third-order valence-electron chi connectivity index (χ3n) is 1.48. The molecule has 0 spiro atoms. The van der Waals surface area contributed by atoms with Crippen molar-refractivity contribution < 1.29 is 9.57 Å². The zero-order chi connectivity index (χ0) is 9.68. The Hall–Kier alpha value is -0.480. The molecule has 0 aliphatic rings.